The quantitative estimate of drug-likeness (QED) is 0.731. The van der Waals surface area contributed by atoms with Crippen molar-refractivity contribution in [2.75, 3.05) is 11.9 Å². The topological polar surface area (TPSA) is 74.5 Å². The smallest absolute Gasteiger partial charge is 0.253 e. The van der Waals surface area contributed by atoms with Crippen molar-refractivity contribution in [2.24, 2.45) is 0 Å². The summed E-state index contributed by atoms with van der Waals surface area (Å²) >= 11 is 0. The van der Waals surface area contributed by atoms with E-state index in [1.807, 2.05) is 30.3 Å². The number of hydrogen-bond donors (Lipinski definition) is 3. The number of nitrogens with one attached hydrogen (secondary N) is 2. The van der Waals surface area contributed by atoms with Crippen LogP contribution >= 0.6 is 0 Å². The fraction of sp³-hybridized carbons (Fsp3) is 0.312. The number of carbonyl (C=O) groups excluding carboxylic acids is 1. The Morgan fingerprint density at radius 2 is 2.10 bits per heavy atom. The molecule has 1 unspecified atom stereocenters. The van der Waals surface area contributed by atoms with Gasteiger partial charge in [-0.05, 0) is 37.6 Å². The molecule has 0 fully saturated rings. The molecule has 0 radical (unpaired) electrons. The van der Waals surface area contributed by atoms with Crippen LogP contribution in [0.2, 0.25) is 0 Å². The third kappa shape index (κ3) is 4.65. The minimum absolute atomic E-state index is 0.154. The zero-order chi connectivity index (χ0) is 15.1. The van der Waals surface area contributed by atoms with E-state index in [0.717, 1.165) is 11.4 Å². The lowest BCUT2D eigenvalue weighted by Crippen LogP contribution is -2.27. The molecule has 21 heavy (non-hydrogen) atoms. The van der Waals surface area contributed by atoms with E-state index in [0.29, 0.717) is 25.1 Å². The maximum atomic E-state index is 12.2. The molecule has 3 N–H and O–H groups in total. The Balaban J connectivity index is 1.97. The zero-order valence-electron chi connectivity index (χ0n) is 12.0. The second kappa shape index (κ2) is 7.50. The zero-order valence-corrected chi connectivity index (χ0v) is 12.0. The number of aliphatic hydroxyl groups is 1. The molecule has 0 saturated carbocycles. The van der Waals surface area contributed by atoms with E-state index in [2.05, 4.69) is 10.6 Å². The molecular weight excluding hydrogens is 268 g/mol. The first kappa shape index (κ1) is 15.1. The van der Waals surface area contributed by atoms with Gasteiger partial charge in [0.2, 0.25) is 0 Å². The van der Waals surface area contributed by atoms with E-state index in [-0.39, 0.29) is 5.91 Å². The predicted molar refractivity (Wildman–Crippen MR) is 81.1 cm³/mol. The molecule has 112 valence electrons. The Kier molecular flexibility index (Phi) is 5.40. The molecule has 1 aromatic carbocycles. The maximum Gasteiger partial charge on any atom is 0.253 e. The van der Waals surface area contributed by atoms with Gasteiger partial charge in [-0.3, -0.25) is 4.79 Å². The van der Waals surface area contributed by atoms with Crippen LogP contribution in [0, 0.1) is 0 Å². The molecule has 0 aliphatic rings. The number of anilines is 1. The summed E-state index contributed by atoms with van der Waals surface area (Å²) in [5.41, 5.74) is 1.33. The summed E-state index contributed by atoms with van der Waals surface area (Å²) in [6.07, 6.45) is 1.73. The summed E-state index contributed by atoms with van der Waals surface area (Å²) in [4.78, 5) is 12.2. The van der Waals surface area contributed by atoms with Crippen LogP contribution < -0.4 is 10.6 Å². The van der Waals surface area contributed by atoms with Crippen LogP contribution in [0.4, 0.5) is 5.69 Å². The van der Waals surface area contributed by atoms with Crippen molar-refractivity contribution in [3.8, 4) is 0 Å². The van der Waals surface area contributed by atoms with Crippen molar-refractivity contribution in [3.63, 3.8) is 0 Å². The Morgan fingerprint density at radius 3 is 2.81 bits per heavy atom. The van der Waals surface area contributed by atoms with Gasteiger partial charge >= 0.3 is 0 Å². The maximum absolute atomic E-state index is 12.2. The third-order valence-electron chi connectivity index (χ3n) is 3.05. The third-order valence-corrected chi connectivity index (χ3v) is 3.05. The number of carbonyl (C=O) groups is 1. The van der Waals surface area contributed by atoms with Gasteiger partial charge in [-0.15, -0.1) is 0 Å². The highest BCUT2D eigenvalue weighted by Gasteiger charge is 2.10. The molecule has 0 aliphatic carbocycles. The van der Waals surface area contributed by atoms with Crippen molar-refractivity contribution in [1.82, 2.24) is 5.32 Å². The average Bonchev–Trinajstić information content (AvgIpc) is 2.98. The molecule has 0 aliphatic heterocycles. The standard InChI is InChI=1S/C16H20N2O3/c1-12(19)8-9-17-16(20)14-6-2-3-7-15(14)18-11-13-5-4-10-21-13/h2-7,10,12,18-19H,8-9,11H2,1H3,(H,17,20). The highest BCUT2D eigenvalue weighted by atomic mass is 16.3. The number of rotatable bonds is 7. The molecule has 0 spiro atoms. The number of aliphatic hydroxyl groups excluding tert-OH is 1. The van der Waals surface area contributed by atoms with Gasteiger partial charge < -0.3 is 20.2 Å². The van der Waals surface area contributed by atoms with E-state index in [1.54, 1.807) is 19.3 Å². The highest BCUT2D eigenvalue weighted by Crippen LogP contribution is 2.16. The van der Waals surface area contributed by atoms with Gasteiger partial charge in [-0.25, -0.2) is 0 Å². The molecule has 1 atom stereocenters. The first-order valence-corrected chi connectivity index (χ1v) is 6.98. The van der Waals surface area contributed by atoms with Crippen molar-refractivity contribution < 1.29 is 14.3 Å². The number of amides is 1. The lowest BCUT2D eigenvalue weighted by molar-refractivity contribution is 0.0946. The fourth-order valence-electron chi connectivity index (χ4n) is 1.92. The first-order chi connectivity index (χ1) is 10.2. The molecule has 2 rings (SSSR count). The van der Waals surface area contributed by atoms with Crippen LogP contribution in [0.15, 0.2) is 47.1 Å². The van der Waals surface area contributed by atoms with Crippen molar-refractivity contribution >= 4 is 11.6 Å². The van der Waals surface area contributed by atoms with Gasteiger partial charge in [0.15, 0.2) is 0 Å². The van der Waals surface area contributed by atoms with Crippen LogP contribution in [0.3, 0.4) is 0 Å². The van der Waals surface area contributed by atoms with Crippen LogP contribution in [0.5, 0.6) is 0 Å². The SMILES string of the molecule is CC(O)CCNC(=O)c1ccccc1NCc1ccco1. The van der Waals surface area contributed by atoms with E-state index >= 15 is 0 Å². The number of para-hydroxylation sites is 1. The van der Waals surface area contributed by atoms with Crippen LogP contribution in [-0.2, 0) is 6.54 Å². The van der Waals surface area contributed by atoms with Crippen molar-refractivity contribution in [2.45, 2.75) is 26.0 Å². The highest BCUT2D eigenvalue weighted by molar-refractivity contribution is 5.99. The van der Waals surface area contributed by atoms with E-state index in [4.69, 9.17) is 4.42 Å². The predicted octanol–water partition coefficient (Wildman–Crippen LogP) is 2.39. The normalized spacial score (nSPS) is 11.9. The van der Waals surface area contributed by atoms with Gasteiger partial charge in [0.1, 0.15) is 5.76 Å². The van der Waals surface area contributed by atoms with Crippen molar-refractivity contribution in [3.05, 3.63) is 54.0 Å². The summed E-state index contributed by atoms with van der Waals surface area (Å²) in [6, 6.07) is 11.0. The summed E-state index contributed by atoms with van der Waals surface area (Å²) < 4.78 is 5.26. The molecule has 2 aromatic rings. The second-order valence-corrected chi connectivity index (χ2v) is 4.87. The van der Waals surface area contributed by atoms with Gasteiger partial charge in [0.25, 0.3) is 5.91 Å². The van der Waals surface area contributed by atoms with Crippen LogP contribution in [0.25, 0.3) is 0 Å². The first-order valence-electron chi connectivity index (χ1n) is 6.98. The van der Waals surface area contributed by atoms with Crippen molar-refractivity contribution in [1.29, 1.82) is 0 Å². The van der Waals surface area contributed by atoms with Crippen LogP contribution in [0.1, 0.15) is 29.5 Å². The molecule has 1 aromatic heterocycles. The Bertz CT molecular complexity index is 565. The minimum atomic E-state index is -0.419. The Hall–Kier alpha value is -2.27. The van der Waals surface area contributed by atoms with Gasteiger partial charge in [-0.1, -0.05) is 12.1 Å². The molecule has 1 amide bonds. The number of hydrogen-bond acceptors (Lipinski definition) is 4. The molecule has 5 nitrogen and oxygen atoms in total. The molecule has 5 heteroatoms. The molecule has 1 heterocycles. The monoisotopic (exact) mass is 288 g/mol. The summed E-state index contributed by atoms with van der Waals surface area (Å²) in [5.74, 6) is 0.650. The van der Waals surface area contributed by atoms with E-state index in [1.165, 1.54) is 0 Å². The summed E-state index contributed by atoms with van der Waals surface area (Å²) in [5, 5.41) is 15.2. The lowest BCUT2D eigenvalue weighted by Gasteiger charge is -2.12. The van der Waals surface area contributed by atoms with Gasteiger partial charge in [0, 0.05) is 12.2 Å². The second-order valence-electron chi connectivity index (χ2n) is 4.87. The Morgan fingerprint density at radius 1 is 1.29 bits per heavy atom. The Labute approximate surface area is 124 Å². The number of benzene rings is 1. The van der Waals surface area contributed by atoms with E-state index < -0.39 is 6.10 Å². The average molecular weight is 288 g/mol. The minimum Gasteiger partial charge on any atom is -0.467 e. The lowest BCUT2D eigenvalue weighted by atomic mass is 10.1. The molecular formula is C16H20N2O3. The van der Waals surface area contributed by atoms with Crippen LogP contribution in [-0.4, -0.2) is 23.7 Å². The van der Waals surface area contributed by atoms with Gasteiger partial charge in [0.05, 0.1) is 24.5 Å². The molecule has 0 saturated heterocycles. The summed E-state index contributed by atoms with van der Waals surface area (Å²) in [7, 11) is 0. The molecule has 0 bridgehead atoms. The largest absolute Gasteiger partial charge is 0.467 e. The number of furan rings is 1. The van der Waals surface area contributed by atoms with Gasteiger partial charge in [-0.2, -0.15) is 0 Å². The fourth-order valence-corrected chi connectivity index (χ4v) is 1.92. The summed E-state index contributed by atoms with van der Waals surface area (Å²) in [6.45, 7) is 2.67. The van der Waals surface area contributed by atoms with E-state index in [9.17, 15) is 9.90 Å².